The fraction of sp³-hybridized carbons (Fsp3) is 0.444. The fourth-order valence-corrected chi connectivity index (χ4v) is 3.86. The summed E-state index contributed by atoms with van der Waals surface area (Å²) in [5, 5.41) is 8.10. The average molecular weight is 373 g/mol. The zero-order valence-corrected chi connectivity index (χ0v) is 15.7. The van der Waals surface area contributed by atoms with Crippen molar-refractivity contribution < 1.29 is 9.59 Å². The number of rotatable bonds is 7. The molecule has 7 nitrogen and oxygen atoms in total. The number of aryl methyl sites for hydroxylation is 1. The molecule has 1 fully saturated rings. The van der Waals surface area contributed by atoms with Gasteiger partial charge in [0, 0.05) is 23.3 Å². The Morgan fingerprint density at radius 2 is 2.19 bits per heavy atom. The van der Waals surface area contributed by atoms with E-state index in [0.717, 1.165) is 22.7 Å². The molecule has 1 aliphatic carbocycles. The minimum Gasteiger partial charge on any atom is -0.352 e. The van der Waals surface area contributed by atoms with Gasteiger partial charge in [-0.2, -0.15) is 5.10 Å². The third-order valence-electron chi connectivity index (χ3n) is 4.36. The molecule has 0 spiro atoms. The van der Waals surface area contributed by atoms with Gasteiger partial charge in [-0.05, 0) is 25.8 Å². The lowest BCUT2D eigenvalue weighted by Crippen LogP contribution is -2.35. The molecule has 1 aliphatic rings. The molecule has 2 heterocycles. The maximum absolute atomic E-state index is 12.3. The van der Waals surface area contributed by atoms with Crippen LogP contribution in [0, 0.1) is 6.92 Å². The molecule has 1 saturated carbocycles. The summed E-state index contributed by atoms with van der Waals surface area (Å²) in [5.41, 5.74) is 0.622. The molecule has 1 N–H and O–H groups in total. The molecule has 0 unspecified atom stereocenters. The lowest BCUT2D eigenvalue weighted by atomic mass is 10.2. The second-order valence-corrected chi connectivity index (χ2v) is 7.76. The van der Waals surface area contributed by atoms with Crippen LogP contribution >= 0.6 is 11.3 Å². The van der Waals surface area contributed by atoms with Crippen molar-refractivity contribution in [3.05, 3.63) is 41.1 Å². The molecule has 26 heavy (non-hydrogen) atoms. The molecule has 2 amide bonds. The second kappa shape index (κ2) is 8.27. The van der Waals surface area contributed by atoms with E-state index in [1.807, 2.05) is 6.92 Å². The summed E-state index contributed by atoms with van der Waals surface area (Å²) < 4.78 is 1.55. The highest BCUT2D eigenvalue weighted by molar-refractivity contribution is 7.11. The first-order chi connectivity index (χ1) is 12.5. The van der Waals surface area contributed by atoms with E-state index in [4.69, 9.17) is 0 Å². The molecule has 138 valence electrons. The number of aromatic nitrogens is 3. The van der Waals surface area contributed by atoms with Crippen LogP contribution in [-0.2, 0) is 22.7 Å². The van der Waals surface area contributed by atoms with Crippen molar-refractivity contribution in [2.75, 3.05) is 4.90 Å². The van der Waals surface area contributed by atoms with Crippen LogP contribution in [0.3, 0.4) is 0 Å². The lowest BCUT2D eigenvalue weighted by molar-refractivity contribution is -0.122. The van der Waals surface area contributed by atoms with Gasteiger partial charge in [0.2, 0.25) is 5.91 Å². The lowest BCUT2D eigenvalue weighted by Gasteiger charge is -2.17. The summed E-state index contributed by atoms with van der Waals surface area (Å²) in [7, 11) is 0. The predicted molar refractivity (Wildman–Crippen MR) is 101 cm³/mol. The third kappa shape index (κ3) is 4.57. The molecule has 2 aromatic heterocycles. The van der Waals surface area contributed by atoms with E-state index in [-0.39, 0.29) is 24.4 Å². The van der Waals surface area contributed by atoms with E-state index in [1.165, 1.54) is 18.9 Å². The molecule has 8 heteroatoms. The first-order valence-electron chi connectivity index (χ1n) is 8.72. The molecule has 3 rings (SSSR count). The zero-order chi connectivity index (χ0) is 18.5. The molecule has 2 aromatic rings. The van der Waals surface area contributed by atoms with Gasteiger partial charge in [-0.25, -0.2) is 4.98 Å². The van der Waals surface area contributed by atoms with Crippen LogP contribution in [-0.4, -0.2) is 32.6 Å². The van der Waals surface area contributed by atoms with Gasteiger partial charge in [0.1, 0.15) is 11.6 Å². The standard InChI is InChI=1S/C18H23N5O2S/c1-3-18(25)23(12-17-19-8-13(2)26-17)15-9-20-22(10-15)11-16(24)21-14-6-4-5-7-14/h3,8-10,14H,1,4-7,11-12H2,2H3,(H,21,24). The van der Waals surface area contributed by atoms with Crippen molar-refractivity contribution >= 4 is 28.8 Å². The van der Waals surface area contributed by atoms with Gasteiger partial charge in [0.05, 0.1) is 18.4 Å². The molecule has 0 aliphatic heterocycles. The minimum absolute atomic E-state index is 0.0521. The highest BCUT2D eigenvalue weighted by Gasteiger charge is 2.19. The fourth-order valence-electron chi connectivity index (χ4n) is 3.09. The van der Waals surface area contributed by atoms with E-state index in [1.54, 1.807) is 39.5 Å². The largest absolute Gasteiger partial charge is 0.352 e. The van der Waals surface area contributed by atoms with Crippen LogP contribution in [0.15, 0.2) is 31.2 Å². The van der Waals surface area contributed by atoms with Crippen LogP contribution in [0.1, 0.15) is 35.6 Å². The SMILES string of the molecule is C=CC(=O)N(Cc1ncc(C)s1)c1cnn(CC(=O)NC2CCCC2)c1. The number of anilines is 1. The number of nitrogens with zero attached hydrogens (tertiary/aromatic N) is 4. The molecular formula is C18H23N5O2S. The van der Waals surface area contributed by atoms with E-state index in [9.17, 15) is 9.59 Å². The number of thiazole rings is 1. The smallest absolute Gasteiger partial charge is 0.250 e. The number of carbonyl (C=O) groups excluding carboxylic acids is 2. The predicted octanol–water partition coefficient (Wildman–Crippen LogP) is 2.43. The van der Waals surface area contributed by atoms with E-state index < -0.39 is 0 Å². The van der Waals surface area contributed by atoms with Crippen LogP contribution in [0.25, 0.3) is 0 Å². The van der Waals surface area contributed by atoms with Gasteiger partial charge in [0.15, 0.2) is 0 Å². The molecule has 0 bridgehead atoms. The Morgan fingerprint density at radius 3 is 2.85 bits per heavy atom. The third-order valence-corrected chi connectivity index (χ3v) is 5.26. The normalized spacial score (nSPS) is 14.3. The van der Waals surface area contributed by atoms with Gasteiger partial charge in [-0.3, -0.25) is 19.2 Å². The van der Waals surface area contributed by atoms with Gasteiger partial charge in [-0.15, -0.1) is 11.3 Å². The molecule has 0 aromatic carbocycles. The Balaban J connectivity index is 1.66. The van der Waals surface area contributed by atoms with Gasteiger partial charge in [0.25, 0.3) is 5.91 Å². The van der Waals surface area contributed by atoms with Crippen molar-refractivity contribution in [3.63, 3.8) is 0 Å². The van der Waals surface area contributed by atoms with E-state index >= 15 is 0 Å². The number of nitrogens with one attached hydrogen (secondary N) is 1. The number of hydrogen-bond acceptors (Lipinski definition) is 5. The molecule has 0 saturated heterocycles. The summed E-state index contributed by atoms with van der Waals surface area (Å²) in [6.45, 7) is 6.03. The molecular weight excluding hydrogens is 350 g/mol. The van der Waals surface area contributed by atoms with Crippen molar-refractivity contribution in [3.8, 4) is 0 Å². The number of hydrogen-bond donors (Lipinski definition) is 1. The quantitative estimate of drug-likeness (QED) is 0.756. The maximum Gasteiger partial charge on any atom is 0.250 e. The highest BCUT2D eigenvalue weighted by atomic mass is 32.1. The Labute approximate surface area is 156 Å². The van der Waals surface area contributed by atoms with Crippen LogP contribution in [0.2, 0.25) is 0 Å². The topological polar surface area (TPSA) is 80.1 Å². The van der Waals surface area contributed by atoms with Crippen LogP contribution in [0.5, 0.6) is 0 Å². The Bertz CT molecular complexity index is 791. The summed E-state index contributed by atoms with van der Waals surface area (Å²) in [6.07, 6.45) is 10.8. The van der Waals surface area contributed by atoms with Gasteiger partial charge >= 0.3 is 0 Å². The van der Waals surface area contributed by atoms with Crippen molar-refractivity contribution in [1.82, 2.24) is 20.1 Å². The average Bonchev–Trinajstić information content (AvgIpc) is 3.35. The first kappa shape index (κ1) is 18.3. The zero-order valence-electron chi connectivity index (χ0n) is 14.9. The number of amides is 2. The van der Waals surface area contributed by atoms with Gasteiger partial charge < -0.3 is 5.32 Å². The summed E-state index contributed by atoms with van der Waals surface area (Å²) in [4.78, 5) is 31.4. The van der Waals surface area contributed by atoms with E-state index in [2.05, 4.69) is 22.0 Å². The van der Waals surface area contributed by atoms with Crippen molar-refractivity contribution in [1.29, 1.82) is 0 Å². The van der Waals surface area contributed by atoms with Crippen LogP contribution < -0.4 is 10.2 Å². The summed E-state index contributed by atoms with van der Waals surface area (Å²) in [5.74, 6) is -0.281. The first-order valence-corrected chi connectivity index (χ1v) is 9.54. The number of carbonyl (C=O) groups is 2. The highest BCUT2D eigenvalue weighted by Crippen LogP contribution is 2.20. The van der Waals surface area contributed by atoms with Crippen molar-refractivity contribution in [2.45, 2.75) is 51.7 Å². The van der Waals surface area contributed by atoms with Crippen molar-refractivity contribution in [2.24, 2.45) is 0 Å². The van der Waals surface area contributed by atoms with Crippen LogP contribution in [0.4, 0.5) is 5.69 Å². The van der Waals surface area contributed by atoms with E-state index in [0.29, 0.717) is 12.2 Å². The summed E-state index contributed by atoms with van der Waals surface area (Å²) in [6, 6.07) is 0.282. The Morgan fingerprint density at radius 1 is 1.42 bits per heavy atom. The Kier molecular flexibility index (Phi) is 5.82. The summed E-state index contributed by atoms with van der Waals surface area (Å²) >= 11 is 1.54. The minimum atomic E-state index is -0.229. The monoisotopic (exact) mass is 373 g/mol. The maximum atomic E-state index is 12.3. The van der Waals surface area contributed by atoms with Gasteiger partial charge in [-0.1, -0.05) is 19.4 Å². The second-order valence-electron chi connectivity index (χ2n) is 6.44. The molecule has 0 radical (unpaired) electrons. The Hall–Kier alpha value is -2.48. The molecule has 0 atom stereocenters.